The summed E-state index contributed by atoms with van der Waals surface area (Å²) in [5.74, 6) is -0.174. The normalized spacial score (nSPS) is 15.7. The van der Waals surface area contributed by atoms with Crippen LogP contribution in [-0.2, 0) is 10.0 Å². The summed E-state index contributed by atoms with van der Waals surface area (Å²) in [5.41, 5.74) is 0.532. The molecule has 0 saturated heterocycles. The van der Waals surface area contributed by atoms with Gasteiger partial charge in [0, 0.05) is 6.04 Å². The largest absolute Gasteiger partial charge is 0.349 e. The predicted molar refractivity (Wildman–Crippen MR) is 98.4 cm³/mol. The van der Waals surface area contributed by atoms with Crippen molar-refractivity contribution < 1.29 is 13.2 Å². The third-order valence-electron chi connectivity index (χ3n) is 4.22. The molecule has 0 atom stereocenters. The van der Waals surface area contributed by atoms with E-state index in [-0.39, 0.29) is 22.0 Å². The Kier molecular flexibility index (Phi) is 5.39. The number of aryl methyl sites for hydroxylation is 1. The van der Waals surface area contributed by atoms with E-state index in [1.807, 2.05) is 0 Å². The summed E-state index contributed by atoms with van der Waals surface area (Å²) in [6, 6.07) is 8.29. The van der Waals surface area contributed by atoms with Gasteiger partial charge in [0.05, 0.1) is 10.6 Å². The number of sulfonamides is 1. The van der Waals surface area contributed by atoms with Gasteiger partial charge in [0.2, 0.25) is 0 Å². The average molecular weight is 380 g/mol. The highest BCUT2D eigenvalue weighted by Crippen LogP contribution is 2.26. The van der Waals surface area contributed by atoms with Gasteiger partial charge in [0.25, 0.3) is 15.9 Å². The van der Waals surface area contributed by atoms with Gasteiger partial charge < -0.3 is 5.32 Å². The molecule has 1 amide bonds. The molecule has 25 heavy (non-hydrogen) atoms. The summed E-state index contributed by atoms with van der Waals surface area (Å²) in [7, 11) is -3.70. The van der Waals surface area contributed by atoms with Crippen LogP contribution in [0.5, 0.6) is 0 Å². The molecule has 1 aliphatic rings. The van der Waals surface area contributed by atoms with E-state index in [1.54, 1.807) is 25.1 Å². The highest BCUT2D eigenvalue weighted by molar-refractivity contribution is 7.93. The van der Waals surface area contributed by atoms with Gasteiger partial charge in [0.1, 0.15) is 4.88 Å². The molecular formula is C17H21N3O3S2. The minimum Gasteiger partial charge on any atom is -0.349 e. The molecule has 0 spiro atoms. The number of hydrogen-bond acceptors (Lipinski definition) is 5. The Morgan fingerprint density at radius 2 is 1.84 bits per heavy atom. The Hall–Kier alpha value is -1.93. The molecule has 2 N–H and O–H groups in total. The minimum absolute atomic E-state index is 0.163. The van der Waals surface area contributed by atoms with E-state index < -0.39 is 10.0 Å². The van der Waals surface area contributed by atoms with E-state index in [9.17, 15) is 13.2 Å². The summed E-state index contributed by atoms with van der Waals surface area (Å²) >= 11 is 1.06. The lowest BCUT2D eigenvalue weighted by molar-refractivity contribution is 0.0931. The lowest BCUT2D eigenvalue weighted by atomic mass is 9.95. The fraction of sp³-hybridized carbons (Fsp3) is 0.412. The second kappa shape index (κ2) is 7.53. The third kappa shape index (κ3) is 4.38. The lowest BCUT2D eigenvalue weighted by Crippen LogP contribution is -2.36. The number of nitrogens with one attached hydrogen (secondary N) is 2. The Bertz CT molecular complexity index is 841. The van der Waals surface area contributed by atoms with Gasteiger partial charge >= 0.3 is 0 Å². The van der Waals surface area contributed by atoms with Gasteiger partial charge in [-0.05, 0) is 31.9 Å². The van der Waals surface area contributed by atoms with Gasteiger partial charge in [0.15, 0.2) is 5.13 Å². The molecule has 1 heterocycles. The van der Waals surface area contributed by atoms with Gasteiger partial charge in [-0.2, -0.15) is 0 Å². The summed E-state index contributed by atoms with van der Waals surface area (Å²) in [6.45, 7) is 1.71. The molecular weight excluding hydrogens is 358 g/mol. The first-order valence-corrected chi connectivity index (χ1v) is 10.6. The zero-order valence-electron chi connectivity index (χ0n) is 14.0. The Morgan fingerprint density at radius 3 is 2.52 bits per heavy atom. The van der Waals surface area contributed by atoms with Crippen LogP contribution in [-0.4, -0.2) is 25.4 Å². The predicted octanol–water partition coefficient (Wildman–Crippen LogP) is 3.31. The zero-order valence-corrected chi connectivity index (χ0v) is 15.6. The maximum atomic E-state index is 12.5. The van der Waals surface area contributed by atoms with Gasteiger partial charge in [-0.25, -0.2) is 13.4 Å². The fourth-order valence-corrected chi connectivity index (χ4v) is 5.05. The van der Waals surface area contributed by atoms with Gasteiger partial charge in [-0.15, -0.1) is 0 Å². The molecule has 8 heteroatoms. The van der Waals surface area contributed by atoms with Crippen molar-refractivity contribution in [3.8, 4) is 0 Å². The Labute approximate surface area is 151 Å². The first-order chi connectivity index (χ1) is 12.0. The number of carbonyl (C=O) groups excluding carboxylic acids is 1. The SMILES string of the molecule is Cc1nc(NS(=O)(=O)c2ccccc2)sc1C(=O)NC1CCCCC1. The first-order valence-electron chi connectivity index (χ1n) is 8.32. The number of amides is 1. The van der Waals surface area contributed by atoms with E-state index in [2.05, 4.69) is 15.0 Å². The van der Waals surface area contributed by atoms with Crippen molar-refractivity contribution in [2.24, 2.45) is 0 Å². The van der Waals surface area contributed by atoms with E-state index in [0.29, 0.717) is 10.6 Å². The molecule has 1 aromatic carbocycles. The van der Waals surface area contributed by atoms with Crippen LogP contribution in [0.1, 0.15) is 47.5 Å². The minimum atomic E-state index is -3.70. The van der Waals surface area contributed by atoms with Crippen LogP contribution in [0.3, 0.4) is 0 Å². The summed E-state index contributed by atoms with van der Waals surface area (Å²) in [4.78, 5) is 17.3. The van der Waals surface area contributed by atoms with Crippen LogP contribution in [0, 0.1) is 6.92 Å². The molecule has 0 aliphatic heterocycles. The molecule has 0 unspecified atom stereocenters. The van der Waals surface area contributed by atoms with Crippen molar-refractivity contribution in [3.05, 3.63) is 40.9 Å². The van der Waals surface area contributed by atoms with E-state index in [4.69, 9.17) is 0 Å². The van der Waals surface area contributed by atoms with E-state index in [1.165, 1.54) is 18.6 Å². The van der Waals surface area contributed by atoms with Crippen LogP contribution in [0.25, 0.3) is 0 Å². The fourth-order valence-electron chi connectivity index (χ4n) is 2.92. The van der Waals surface area contributed by atoms with Crippen molar-refractivity contribution in [3.63, 3.8) is 0 Å². The zero-order chi connectivity index (χ0) is 17.9. The van der Waals surface area contributed by atoms with Crippen molar-refractivity contribution in [1.29, 1.82) is 0 Å². The molecule has 3 rings (SSSR count). The monoisotopic (exact) mass is 379 g/mol. The van der Waals surface area contributed by atoms with E-state index >= 15 is 0 Å². The molecule has 0 radical (unpaired) electrons. The van der Waals surface area contributed by atoms with Gasteiger partial charge in [-0.1, -0.05) is 48.8 Å². The van der Waals surface area contributed by atoms with Crippen molar-refractivity contribution in [1.82, 2.24) is 10.3 Å². The quantitative estimate of drug-likeness (QED) is 0.834. The van der Waals surface area contributed by atoms with Crippen LogP contribution in [0.4, 0.5) is 5.13 Å². The number of hydrogen-bond donors (Lipinski definition) is 2. The Balaban J connectivity index is 1.72. The second-order valence-corrected chi connectivity index (χ2v) is 8.84. The van der Waals surface area contributed by atoms with Crippen LogP contribution >= 0.6 is 11.3 Å². The second-order valence-electron chi connectivity index (χ2n) is 6.16. The number of benzene rings is 1. The number of rotatable bonds is 5. The maximum Gasteiger partial charge on any atom is 0.263 e. The van der Waals surface area contributed by atoms with Crippen LogP contribution in [0.15, 0.2) is 35.2 Å². The van der Waals surface area contributed by atoms with Crippen LogP contribution in [0.2, 0.25) is 0 Å². The highest BCUT2D eigenvalue weighted by atomic mass is 32.2. The average Bonchev–Trinajstić information content (AvgIpc) is 2.96. The van der Waals surface area contributed by atoms with Crippen molar-refractivity contribution in [2.45, 2.75) is 50.0 Å². The Morgan fingerprint density at radius 1 is 1.16 bits per heavy atom. The van der Waals surface area contributed by atoms with Gasteiger partial charge in [-0.3, -0.25) is 9.52 Å². The molecule has 1 aliphatic carbocycles. The number of nitrogens with zero attached hydrogens (tertiary/aromatic N) is 1. The van der Waals surface area contributed by atoms with Crippen LogP contribution < -0.4 is 10.0 Å². The summed E-state index contributed by atoms with van der Waals surface area (Å²) in [6.07, 6.45) is 5.48. The standard InChI is InChI=1S/C17H21N3O3S2/c1-12-15(16(21)19-13-8-4-2-5-9-13)24-17(18-12)20-25(22,23)14-10-6-3-7-11-14/h3,6-7,10-11,13H,2,4-5,8-9H2,1H3,(H,18,20)(H,19,21). The molecule has 2 aromatic rings. The number of anilines is 1. The number of thiazole rings is 1. The highest BCUT2D eigenvalue weighted by Gasteiger charge is 2.22. The van der Waals surface area contributed by atoms with E-state index in [0.717, 1.165) is 37.0 Å². The molecule has 6 nitrogen and oxygen atoms in total. The number of carbonyl (C=O) groups is 1. The molecule has 1 saturated carbocycles. The molecule has 134 valence electrons. The summed E-state index contributed by atoms with van der Waals surface area (Å²) < 4.78 is 27.2. The molecule has 1 fully saturated rings. The third-order valence-corrected chi connectivity index (χ3v) is 6.77. The molecule has 1 aromatic heterocycles. The maximum absolute atomic E-state index is 12.5. The lowest BCUT2D eigenvalue weighted by Gasteiger charge is -2.22. The first kappa shape index (κ1) is 17.9. The van der Waals surface area contributed by atoms with Crippen molar-refractivity contribution >= 4 is 32.4 Å². The van der Waals surface area contributed by atoms with Crippen molar-refractivity contribution in [2.75, 3.05) is 4.72 Å². The topological polar surface area (TPSA) is 88.2 Å². The molecule has 0 bridgehead atoms. The number of aromatic nitrogens is 1. The summed E-state index contributed by atoms with van der Waals surface area (Å²) in [5, 5.41) is 3.24. The smallest absolute Gasteiger partial charge is 0.263 e.